The fraction of sp³-hybridized carbons (Fsp3) is 0.692. The van der Waals surface area contributed by atoms with Gasteiger partial charge in [-0.2, -0.15) is 0 Å². The van der Waals surface area contributed by atoms with Crippen molar-refractivity contribution in [3.05, 3.63) is 24.2 Å². The zero-order valence-corrected chi connectivity index (χ0v) is 10.2. The Hall–Kier alpha value is -0.800. The summed E-state index contributed by atoms with van der Waals surface area (Å²) in [7, 11) is 0. The van der Waals surface area contributed by atoms with Crippen LogP contribution in [0.4, 0.5) is 0 Å². The first-order chi connectivity index (χ1) is 7.74. The number of rotatable bonds is 3. The summed E-state index contributed by atoms with van der Waals surface area (Å²) in [4.78, 5) is 2.49. The molecule has 16 heavy (non-hydrogen) atoms. The molecule has 1 saturated heterocycles. The molecule has 0 radical (unpaired) electrons. The third-order valence-corrected chi connectivity index (χ3v) is 3.85. The number of hydrogen-bond donors (Lipinski definition) is 1. The highest BCUT2D eigenvalue weighted by atomic mass is 16.3. The van der Waals surface area contributed by atoms with Crippen molar-refractivity contribution >= 4 is 0 Å². The van der Waals surface area contributed by atoms with E-state index < -0.39 is 0 Å². The van der Waals surface area contributed by atoms with Crippen LogP contribution in [-0.2, 0) is 0 Å². The summed E-state index contributed by atoms with van der Waals surface area (Å²) < 4.78 is 5.49. The number of piperidine rings is 1. The van der Waals surface area contributed by atoms with Gasteiger partial charge in [-0.25, -0.2) is 0 Å². The van der Waals surface area contributed by atoms with E-state index in [1.54, 1.807) is 6.26 Å². The van der Waals surface area contributed by atoms with E-state index >= 15 is 0 Å². The largest absolute Gasteiger partial charge is 0.468 e. The zero-order chi connectivity index (χ0) is 11.5. The molecular weight excluding hydrogens is 200 g/mol. The molecule has 0 bridgehead atoms. The van der Waals surface area contributed by atoms with Crippen molar-refractivity contribution in [2.75, 3.05) is 13.1 Å². The van der Waals surface area contributed by atoms with Crippen molar-refractivity contribution in [3.63, 3.8) is 0 Å². The minimum Gasteiger partial charge on any atom is -0.468 e. The lowest BCUT2D eigenvalue weighted by atomic mass is 9.89. The number of furan rings is 1. The van der Waals surface area contributed by atoms with E-state index in [4.69, 9.17) is 10.2 Å². The summed E-state index contributed by atoms with van der Waals surface area (Å²) in [6.45, 7) is 6.39. The van der Waals surface area contributed by atoms with Gasteiger partial charge < -0.3 is 10.2 Å². The minimum absolute atomic E-state index is 0.339. The van der Waals surface area contributed by atoms with Crippen LogP contribution < -0.4 is 5.73 Å². The fourth-order valence-electron chi connectivity index (χ4n) is 2.82. The number of hydrogen-bond acceptors (Lipinski definition) is 3. The average Bonchev–Trinajstić information content (AvgIpc) is 2.81. The Bertz CT molecular complexity index is 310. The molecule has 0 aromatic carbocycles. The van der Waals surface area contributed by atoms with Gasteiger partial charge in [-0.15, -0.1) is 0 Å². The van der Waals surface area contributed by atoms with Gasteiger partial charge in [0.05, 0.1) is 12.3 Å². The molecule has 1 aliphatic heterocycles. The molecule has 0 spiro atoms. The monoisotopic (exact) mass is 222 g/mol. The summed E-state index contributed by atoms with van der Waals surface area (Å²) in [5.74, 6) is 1.74. The Morgan fingerprint density at radius 2 is 2.44 bits per heavy atom. The van der Waals surface area contributed by atoms with Crippen molar-refractivity contribution in [1.82, 2.24) is 4.90 Å². The van der Waals surface area contributed by atoms with Crippen LogP contribution in [-0.4, -0.2) is 24.0 Å². The van der Waals surface area contributed by atoms with Crippen LogP contribution in [0.2, 0.25) is 0 Å². The van der Waals surface area contributed by atoms with Crippen molar-refractivity contribution < 1.29 is 4.42 Å². The van der Waals surface area contributed by atoms with Crippen molar-refractivity contribution in [2.24, 2.45) is 11.7 Å². The van der Waals surface area contributed by atoms with Crippen LogP contribution >= 0.6 is 0 Å². The molecule has 1 aromatic heterocycles. The van der Waals surface area contributed by atoms with E-state index in [2.05, 4.69) is 24.8 Å². The fourth-order valence-corrected chi connectivity index (χ4v) is 2.82. The second kappa shape index (κ2) is 5.02. The molecule has 0 saturated carbocycles. The Balaban J connectivity index is 2.12. The SMILES string of the molecule is CC1CCCN(C(C)c2ccco2)C1CN. The molecule has 1 fully saturated rings. The third kappa shape index (κ3) is 2.15. The van der Waals surface area contributed by atoms with Gasteiger partial charge in [-0.3, -0.25) is 4.90 Å². The molecular formula is C13H22N2O. The van der Waals surface area contributed by atoms with Gasteiger partial charge in [0.2, 0.25) is 0 Å². The highest BCUT2D eigenvalue weighted by molar-refractivity contribution is 5.05. The summed E-state index contributed by atoms with van der Waals surface area (Å²) >= 11 is 0. The van der Waals surface area contributed by atoms with Gasteiger partial charge >= 0.3 is 0 Å². The Morgan fingerprint density at radius 1 is 1.62 bits per heavy atom. The predicted octanol–water partition coefficient (Wildman–Crippen LogP) is 2.40. The molecule has 2 heterocycles. The van der Waals surface area contributed by atoms with E-state index in [-0.39, 0.29) is 0 Å². The summed E-state index contributed by atoms with van der Waals surface area (Å²) in [6.07, 6.45) is 4.31. The van der Waals surface area contributed by atoms with E-state index in [0.717, 1.165) is 18.8 Å². The average molecular weight is 222 g/mol. The van der Waals surface area contributed by atoms with E-state index in [0.29, 0.717) is 18.0 Å². The van der Waals surface area contributed by atoms with Gasteiger partial charge in [-0.05, 0) is 44.4 Å². The van der Waals surface area contributed by atoms with Crippen molar-refractivity contribution in [3.8, 4) is 0 Å². The maximum Gasteiger partial charge on any atom is 0.120 e. The van der Waals surface area contributed by atoms with E-state index in [9.17, 15) is 0 Å². The summed E-state index contributed by atoms with van der Waals surface area (Å²) in [5.41, 5.74) is 5.90. The Morgan fingerprint density at radius 3 is 3.06 bits per heavy atom. The second-order valence-corrected chi connectivity index (χ2v) is 4.85. The number of likely N-dealkylation sites (tertiary alicyclic amines) is 1. The van der Waals surface area contributed by atoms with Crippen molar-refractivity contribution in [2.45, 2.75) is 38.8 Å². The van der Waals surface area contributed by atoms with Crippen LogP contribution in [0.3, 0.4) is 0 Å². The molecule has 2 rings (SSSR count). The third-order valence-electron chi connectivity index (χ3n) is 3.85. The van der Waals surface area contributed by atoms with Gasteiger partial charge in [0.1, 0.15) is 5.76 Å². The topological polar surface area (TPSA) is 42.4 Å². The molecule has 3 heteroatoms. The van der Waals surface area contributed by atoms with Crippen LogP contribution in [0, 0.1) is 5.92 Å². The first-order valence-electron chi connectivity index (χ1n) is 6.23. The lowest BCUT2D eigenvalue weighted by Gasteiger charge is -2.42. The normalized spacial score (nSPS) is 29.2. The highest BCUT2D eigenvalue weighted by Gasteiger charge is 2.31. The Labute approximate surface area is 97.6 Å². The Kier molecular flexibility index (Phi) is 3.66. The molecule has 3 atom stereocenters. The summed E-state index contributed by atoms with van der Waals surface area (Å²) in [5, 5.41) is 0. The predicted molar refractivity (Wildman–Crippen MR) is 65.1 cm³/mol. The lowest BCUT2D eigenvalue weighted by molar-refractivity contribution is 0.0599. The van der Waals surface area contributed by atoms with Gasteiger partial charge in [0, 0.05) is 12.6 Å². The first kappa shape index (κ1) is 11.7. The summed E-state index contributed by atoms with van der Waals surface area (Å²) in [6, 6.07) is 4.84. The van der Waals surface area contributed by atoms with E-state index in [1.165, 1.54) is 12.8 Å². The molecule has 2 N–H and O–H groups in total. The van der Waals surface area contributed by atoms with Crippen LogP contribution in [0.5, 0.6) is 0 Å². The van der Waals surface area contributed by atoms with Gasteiger partial charge in [-0.1, -0.05) is 6.92 Å². The molecule has 1 aromatic rings. The van der Waals surface area contributed by atoms with Crippen molar-refractivity contribution in [1.29, 1.82) is 0 Å². The maximum atomic E-state index is 5.90. The zero-order valence-electron chi connectivity index (χ0n) is 10.2. The van der Waals surface area contributed by atoms with Crippen LogP contribution in [0.25, 0.3) is 0 Å². The number of nitrogens with zero attached hydrogens (tertiary/aromatic N) is 1. The number of nitrogens with two attached hydrogens (primary N) is 1. The van der Waals surface area contributed by atoms with Crippen LogP contribution in [0.15, 0.2) is 22.8 Å². The maximum absolute atomic E-state index is 5.90. The highest BCUT2D eigenvalue weighted by Crippen LogP contribution is 2.31. The van der Waals surface area contributed by atoms with Gasteiger partial charge in [0.25, 0.3) is 0 Å². The van der Waals surface area contributed by atoms with Gasteiger partial charge in [0.15, 0.2) is 0 Å². The molecule has 0 amide bonds. The van der Waals surface area contributed by atoms with E-state index in [1.807, 2.05) is 6.07 Å². The second-order valence-electron chi connectivity index (χ2n) is 4.85. The molecule has 90 valence electrons. The molecule has 1 aliphatic rings. The molecule has 3 unspecified atom stereocenters. The first-order valence-corrected chi connectivity index (χ1v) is 6.23. The quantitative estimate of drug-likeness (QED) is 0.854. The standard InChI is InChI=1S/C13H22N2O/c1-10-5-3-7-15(12(10)9-14)11(2)13-6-4-8-16-13/h4,6,8,10-12H,3,5,7,9,14H2,1-2H3. The van der Waals surface area contributed by atoms with Crippen LogP contribution in [0.1, 0.15) is 38.5 Å². The molecule has 0 aliphatic carbocycles. The smallest absolute Gasteiger partial charge is 0.120 e. The lowest BCUT2D eigenvalue weighted by Crippen LogP contribution is -2.49. The molecule has 3 nitrogen and oxygen atoms in total. The minimum atomic E-state index is 0.339.